The molecule has 1 unspecified atom stereocenters. The fraction of sp³-hybridized carbons (Fsp3) is 0.400. The fourth-order valence-electron chi connectivity index (χ4n) is 1.16. The smallest absolute Gasteiger partial charge is 0.126 e. The van der Waals surface area contributed by atoms with Crippen LogP contribution >= 0.6 is 0 Å². The second kappa shape index (κ2) is 3.83. The van der Waals surface area contributed by atoms with Crippen LogP contribution in [0.1, 0.15) is 18.1 Å². The van der Waals surface area contributed by atoms with Gasteiger partial charge in [0.25, 0.3) is 0 Å². The summed E-state index contributed by atoms with van der Waals surface area (Å²) in [5.74, 6) is -0.892. The van der Waals surface area contributed by atoms with Gasteiger partial charge in [-0.05, 0) is 37.1 Å². The van der Waals surface area contributed by atoms with Gasteiger partial charge < -0.3 is 5.11 Å². The molecular formula is C10H12F2O. The van der Waals surface area contributed by atoms with Crippen LogP contribution in [0.25, 0.3) is 0 Å². The van der Waals surface area contributed by atoms with Crippen LogP contribution < -0.4 is 0 Å². The van der Waals surface area contributed by atoms with Gasteiger partial charge in [0.05, 0.1) is 6.10 Å². The predicted molar refractivity (Wildman–Crippen MR) is 46.5 cm³/mol. The summed E-state index contributed by atoms with van der Waals surface area (Å²) in [4.78, 5) is 0. The first-order valence-corrected chi connectivity index (χ1v) is 4.13. The zero-order chi connectivity index (χ0) is 10.0. The van der Waals surface area contributed by atoms with Crippen molar-refractivity contribution in [2.24, 2.45) is 0 Å². The van der Waals surface area contributed by atoms with E-state index >= 15 is 0 Å². The van der Waals surface area contributed by atoms with Gasteiger partial charge in [-0.1, -0.05) is 0 Å². The Balaban J connectivity index is 3.01. The molecule has 3 heteroatoms. The molecule has 0 amide bonds. The standard InChI is InChI=1S/C10H12F2O/c1-6-3-10(12)8(4-7(2)13)5-9(6)11/h3,5,7,13H,4H2,1-2H3. The van der Waals surface area contributed by atoms with Crippen LogP contribution in [-0.2, 0) is 6.42 Å². The summed E-state index contributed by atoms with van der Waals surface area (Å²) in [6.07, 6.45) is -0.514. The van der Waals surface area contributed by atoms with Crippen molar-refractivity contribution in [1.29, 1.82) is 0 Å². The first kappa shape index (κ1) is 10.1. The summed E-state index contributed by atoms with van der Waals surface area (Å²) >= 11 is 0. The third-order valence-corrected chi connectivity index (χ3v) is 1.84. The molecule has 1 N–H and O–H groups in total. The van der Waals surface area contributed by atoms with Crippen LogP contribution in [0.3, 0.4) is 0 Å². The van der Waals surface area contributed by atoms with Crippen molar-refractivity contribution >= 4 is 0 Å². The maximum Gasteiger partial charge on any atom is 0.126 e. The first-order valence-electron chi connectivity index (χ1n) is 4.13. The number of benzene rings is 1. The molecule has 1 atom stereocenters. The Morgan fingerprint density at radius 2 is 1.92 bits per heavy atom. The lowest BCUT2D eigenvalue weighted by molar-refractivity contribution is 0.194. The van der Waals surface area contributed by atoms with E-state index < -0.39 is 17.7 Å². The van der Waals surface area contributed by atoms with E-state index in [4.69, 9.17) is 5.11 Å². The molecule has 0 spiro atoms. The fourth-order valence-corrected chi connectivity index (χ4v) is 1.16. The number of aliphatic hydroxyl groups is 1. The zero-order valence-electron chi connectivity index (χ0n) is 7.64. The maximum absolute atomic E-state index is 13.1. The molecule has 0 saturated carbocycles. The molecule has 0 aliphatic carbocycles. The molecule has 0 bridgehead atoms. The monoisotopic (exact) mass is 186 g/mol. The minimum Gasteiger partial charge on any atom is -0.393 e. The van der Waals surface area contributed by atoms with Crippen molar-refractivity contribution in [3.05, 3.63) is 34.9 Å². The lowest BCUT2D eigenvalue weighted by atomic mass is 10.1. The number of rotatable bonds is 2. The van der Waals surface area contributed by atoms with Crippen molar-refractivity contribution in [2.75, 3.05) is 0 Å². The second-order valence-corrected chi connectivity index (χ2v) is 3.25. The molecular weight excluding hydrogens is 174 g/mol. The summed E-state index contributed by atoms with van der Waals surface area (Å²) in [7, 11) is 0. The number of hydrogen-bond donors (Lipinski definition) is 1. The molecule has 1 rings (SSSR count). The van der Waals surface area contributed by atoms with Gasteiger partial charge in [0, 0.05) is 6.42 Å². The minimum atomic E-state index is -0.656. The summed E-state index contributed by atoms with van der Waals surface area (Å²) in [5.41, 5.74) is 0.505. The van der Waals surface area contributed by atoms with E-state index in [0.29, 0.717) is 0 Å². The molecule has 0 aliphatic rings. The van der Waals surface area contributed by atoms with Crippen LogP contribution in [0, 0.1) is 18.6 Å². The number of hydrogen-bond acceptors (Lipinski definition) is 1. The van der Waals surface area contributed by atoms with Gasteiger partial charge in [-0.15, -0.1) is 0 Å². The predicted octanol–water partition coefficient (Wildman–Crippen LogP) is 2.20. The van der Waals surface area contributed by atoms with E-state index in [9.17, 15) is 8.78 Å². The van der Waals surface area contributed by atoms with E-state index in [2.05, 4.69) is 0 Å². The lowest BCUT2D eigenvalue weighted by Crippen LogP contribution is -2.06. The van der Waals surface area contributed by atoms with E-state index in [1.165, 1.54) is 13.8 Å². The second-order valence-electron chi connectivity index (χ2n) is 3.25. The van der Waals surface area contributed by atoms with Crippen molar-refractivity contribution in [3.63, 3.8) is 0 Å². The Hall–Kier alpha value is -0.960. The molecule has 0 aromatic heterocycles. The molecule has 0 fully saturated rings. The van der Waals surface area contributed by atoms with Gasteiger partial charge in [-0.3, -0.25) is 0 Å². The Bertz CT molecular complexity index is 308. The van der Waals surface area contributed by atoms with Crippen molar-refractivity contribution in [1.82, 2.24) is 0 Å². The molecule has 1 nitrogen and oxygen atoms in total. The van der Waals surface area contributed by atoms with E-state index in [1.807, 2.05) is 0 Å². The van der Waals surface area contributed by atoms with Crippen LogP contribution in [-0.4, -0.2) is 11.2 Å². The van der Waals surface area contributed by atoms with Gasteiger partial charge in [-0.25, -0.2) is 8.78 Å². The van der Waals surface area contributed by atoms with Crippen LogP contribution in [0.15, 0.2) is 12.1 Å². The highest BCUT2D eigenvalue weighted by Crippen LogP contribution is 2.15. The topological polar surface area (TPSA) is 20.2 Å². The van der Waals surface area contributed by atoms with Gasteiger partial charge in [0.2, 0.25) is 0 Å². The highest BCUT2D eigenvalue weighted by molar-refractivity contribution is 5.25. The number of aryl methyl sites for hydroxylation is 1. The van der Waals surface area contributed by atoms with Crippen molar-refractivity contribution in [2.45, 2.75) is 26.4 Å². The van der Waals surface area contributed by atoms with E-state index in [-0.39, 0.29) is 17.5 Å². The van der Waals surface area contributed by atoms with Crippen LogP contribution in [0.5, 0.6) is 0 Å². The largest absolute Gasteiger partial charge is 0.393 e. The average molecular weight is 186 g/mol. The summed E-state index contributed by atoms with van der Waals surface area (Å²) < 4.78 is 26.1. The average Bonchev–Trinajstić information content (AvgIpc) is 1.99. The highest BCUT2D eigenvalue weighted by Gasteiger charge is 2.08. The molecule has 1 aromatic carbocycles. The Labute approximate surface area is 76.0 Å². The van der Waals surface area contributed by atoms with Crippen molar-refractivity contribution in [3.8, 4) is 0 Å². The molecule has 0 saturated heterocycles. The summed E-state index contributed by atoms with van der Waals surface area (Å²) in [6.45, 7) is 3.04. The van der Waals surface area contributed by atoms with Gasteiger partial charge in [0.15, 0.2) is 0 Å². The van der Waals surface area contributed by atoms with Crippen molar-refractivity contribution < 1.29 is 13.9 Å². The lowest BCUT2D eigenvalue weighted by Gasteiger charge is -2.07. The molecule has 72 valence electrons. The van der Waals surface area contributed by atoms with Gasteiger partial charge >= 0.3 is 0 Å². The SMILES string of the molecule is Cc1cc(F)c(CC(C)O)cc1F. The Morgan fingerprint density at radius 3 is 2.46 bits per heavy atom. The Kier molecular flexibility index (Phi) is 2.98. The molecule has 0 heterocycles. The maximum atomic E-state index is 13.1. The zero-order valence-corrected chi connectivity index (χ0v) is 7.64. The molecule has 0 aliphatic heterocycles. The van der Waals surface area contributed by atoms with Gasteiger partial charge in [0.1, 0.15) is 11.6 Å². The van der Waals surface area contributed by atoms with Gasteiger partial charge in [-0.2, -0.15) is 0 Å². The third-order valence-electron chi connectivity index (χ3n) is 1.84. The number of halogens is 2. The molecule has 0 radical (unpaired) electrons. The van der Waals surface area contributed by atoms with Crippen LogP contribution in [0.2, 0.25) is 0 Å². The van der Waals surface area contributed by atoms with E-state index in [0.717, 1.165) is 12.1 Å². The molecule has 13 heavy (non-hydrogen) atoms. The molecule has 1 aromatic rings. The normalized spacial score (nSPS) is 13.0. The third kappa shape index (κ3) is 2.49. The quantitative estimate of drug-likeness (QED) is 0.750. The Morgan fingerprint density at radius 1 is 1.31 bits per heavy atom. The summed E-state index contributed by atoms with van der Waals surface area (Å²) in [5, 5.41) is 9.00. The highest BCUT2D eigenvalue weighted by atomic mass is 19.1. The summed E-state index contributed by atoms with van der Waals surface area (Å²) in [6, 6.07) is 2.28. The minimum absolute atomic E-state index is 0.142. The van der Waals surface area contributed by atoms with E-state index in [1.54, 1.807) is 0 Å². The number of aliphatic hydroxyl groups excluding tert-OH is 1. The first-order chi connectivity index (χ1) is 6.00. The van der Waals surface area contributed by atoms with Crippen LogP contribution in [0.4, 0.5) is 8.78 Å².